The topological polar surface area (TPSA) is 21.3 Å². The molecule has 0 spiro atoms. The standard InChI is InChI=1S/C66H59BN2O/c1-62(2,3)36-20-22-37(23-21-36)69-56-33-44-42-28-52-53(64(6,7)27-26-63(52,4)5)34-51(42)66(10,11)50(44)29-45(56)40-24-25-41-46-30-49-43(38-16-12-14-18-48(38)65(49,8)9)32-55(46)68-57-35-59-47(39-17-13-15-19-58(39)70-59)31-54(57)67(69)60(40)61(41)68/h12-25,28-35H,26-27H2,1-11H3. The summed E-state index contributed by atoms with van der Waals surface area (Å²) in [5.41, 5.74) is 28.9. The van der Waals surface area contributed by atoms with Crippen molar-refractivity contribution in [3.8, 4) is 39.1 Å². The molecule has 0 saturated heterocycles. The summed E-state index contributed by atoms with van der Waals surface area (Å²) in [6.45, 7) is 26.5. The van der Waals surface area contributed by atoms with Gasteiger partial charge in [0.25, 0.3) is 0 Å². The minimum absolute atomic E-state index is 0.0242. The lowest BCUT2D eigenvalue weighted by Gasteiger charge is -2.42. The van der Waals surface area contributed by atoms with Crippen LogP contribution >= 0.6 is 0 Å². The van der Waals surface area contributed by atoms with Gasteiger partial charge in [-0.05, 0) is 155 Å². The highest BCUT2D eigenvalue weighted by atomic mass is 16.3. The fourth-order valence-corrected chi connectivity index (χ4v) is 14.5. The molecule has 5 aliphatic rings. The molecule has 2 aromatic heterocycles. The fourth-order valence-electron chi connectivity index (χ4n) is 14.5. The van der Waals surface area contributed by atoms with Gasteiger partial charge in [0.05, 0.1) is 11.0 Å². The van der Waals surface area contributed by atoms with Crippen LogP contribution in [-0.4, -0.2) is 11.4 Å². The molecule has 0 amide bonds. The number of aromatic nitrogens is 1. The lowest BCUT2D eigenvalue weighted by molar-refractivity contribution is 0.331. The maximum Gasteiger partial charge on any atom is 0.333 e. The molecular formula is C66H59BN2O. The number of anilines is 2. The van der Waals surface area contributed by atoms with Gasteiger partial charge in [0.1, 0.15) is 11.2 Å². The summed E-state index contributed by atoms with van der Waals surface area (Å²) in [6.07, 6.45) is 2.40. The molecule has 0 atom stereocenters. The molecule has 0 saturated carbocycles. The molecule has 15 rings (SSSR count). The molecule has 0 fully saturated rings. The maximum absolute atomic E-state index is 6.80. The van der Waals surface area contributed by atoms with Gasteiger partial charge in [-0.25, -0.2) is 0 Å². The smallest absolute Gasteiger partial charge is 0.333 e. The van der Waals surface area contributed by atoms with E-state index in [1.807, 2.05) is 0 Å². The summed E-state index contributed by atoms with van der Waals surface area (Å²) < 4.78 is 9.43. The lowest BCUT2D eigenvalue weighted by atomic mass is 9.44. The monoisotopic (exact) mass is 906 g/mol. The van der Waals surface area contributed by atoms with Crippen LogP contribution in [0, 0.1) is 0 Å². The van der Waals surface area contributed by atoms with E-state index in [1.165, 1.54) is 135 Å². The average Bonchev–Trinajstić information content (AvgIpc) is 4.00. The van der Waals surface area contributed by atoms with Crippen molar-refractivity contribution in [2.45, 2.75) is 116 Å². The van der Waals surface area contributed by atoms with Crippen LogP contribution in [0.5, 0.6) is 0 Å². The largest absolute Gasteiger partial charge is 0.456 e. The average molecular weight is 907 g/mol. The number of nitrogens with zero attached hydrogens (tertiary/aromatic N) is 2. The van der Waals surface area contributed by atoms with Crippen molar-refractivity contribution in [2.75, 3.05) is 4.81 Å². The number of furan rings is 1. The molecule has 3 aliphatic carbocycles. The number of fused-ring (bicyclic) bond motifs is 18. The van der Waals surface area contributed by atoms with E-state index in [0.717, 1.165) is 21.9 Å². The highest BCUT2D eigenvalue weighted by Gasteiger charge is 2.48. The van der Waals surface area contributed by atoms with Crippen LogP contribution in [0.2, 0.25) is 0 Å². The predicted octanol–water partition coefficient (Wildman–Crippen LogP) is 16.2. The Bertz CT molecular complexity index is 4050. The second-order valence-corrected chi connectivity index (χ2v) is 25.2. The van der Waals surface area contributed by atoms with Gasteiger partial charge in [-0.3, -0.25) is 0 Å². The maximum atomic E-state index is 6.80. The molecule has 8 aromatic carbocycles. The van der Waals surface area contributed by atoms with Gasteiger partial charge in [-0.15, -0.1) is 0 Å². The highest BCUT2D eigenvalue weighted by Crippen LogP contribution is 2.58. The molecule has 10 aromatic rings. The Hall–Kier alpha value is -6.78. The van der Waals surface area contributed by atoms with Crippen molar-refractivity contribution in [1.82, 2.24) is 4.57 Å². The van der Waals surface area contributed by atoms with Crippen LogP contribution in [0.1, 0.15) is 128 Å². The number of hydrogen-bond acceptors (Lipinski definition) is 2. The molecule has 4 heterocycles. The molecular weight excluding hydrogens is 848 g/mol. The molecule has 342 valence electrons. The first kappa shape index (κ1) is 41.0. The first-order chi connectivity index (χ1) is 33.3. The number of para-hydroxylation sites is 1. The van der Waals surface area contributed by atoms with Gasteiger partial charge >= 0.3 is 6.85 Å². The molecule has 3 nitrogen and oxygen atoms in total. The summed E-state index contributed by atoms with van der Waals surface area (Å²) in [7, 11) is 0. The van der Waals surface area contributed by atoms with E-state index in [2.05, 4.69) is 219 Å². The Balaban J connectivity index is 1.08. The van der Waals surface area contributed by atoms with Crippen LogP contribution in [0.15, 0.2) is 138 Å². The molecule has 0 unspecified atom stereocenters. The Morgan fingerprint density at radius 3 is 1.89 bits per heavy atom. The summed E-state index contributed by atoms with van der Waals surface area (Å²) >= 11 is 0. The molecule has 2 aliphatic heterocycles. The molecule has 0 bridgehead atoms. The van der Waals surface area contributed by atoms with Gasteiger partial charge in [-0.1, -0.05) is 155 Å². The second-order valence-electron chi connectivity index (χ2n) is 25.2. The van der Waals surface area contributed by atoms with E-state index in [4.69, 9.17) is 4.42 Å². The van der Waals surface area contributed by atoms with Crippen LogP contribution in [-0.2, 0) is 27.1 Å². The van der Waals surface area contributed by atoms with E-state index >= 15 is 0 Å². The van der Waals surface area contributed by atoms with Crippen molar-refractivity contribution in [1.29, 1.82) is 0 Å². The third kappa shape index (κ3) is 4.98. The predicted molar refractivity (Wildman–Crippen MR) is 296 cm³/mol. The van der Waals surface area contributed by atoms with Crippen molar-refractivity contribution >= 4 is 72.9 Å². The molecule has 70 heavy (non-hydrogen) atoms. The lowest BCUT2D eigenvalue weighted by Crippen LogP contribution is -2.60. The van der Waals surface area contributed by atoms with Gasteiger partial charge < -0.3 is 13.8 Å². The highest BCUT2D eigenvalue weighted by molar-refractivity contribution is 6.94. The fraction of sp³-hybridized carbons (Fsp3) is 0.273. The third-order valence-corrected chi connectivity index (χ3v) is 18.6. The Morgan fingerprint density at radius 1 is 0.471 bits per heavy atom. The van der Waals surface area contributed by atoms with Crippen LogP contribution in [0.3, 0.4) is 0 Å². The number of hydrogen-bond donors (Lipinski definition) is 0. The SMILES string of the molecule is CC(C)(C)c1ccc(N2B3c4cc5c(cc4-n4c6cc7c(cc6c6ccc(c3c64)-c3cc4c(cc32)-c2cc3c(cc2C4(C)C)C(C)(C)CCC3(C)C)C(C)(C)c2ccccc2-7)oc2ccccc25)cc1. The summed E-state index contributed by atoms with van der Waals surface area (Å²) in [4.78, 5) is 2.73. The van der Waals surface area contributed by atoms with Gasteiger partial charge in [0.15, 0.2) is 0 Å². The van der Waals surface area contributed by atoms with E-state index in [1.54, 1.807) is 0 Å². The number of rotatable bonds is 1. The van der Waals surface area contributed by atoms with Gasteiger partial charge in [0.2, 0.25) is 0 Å². The van der Waals surface area contributed by atoms with Crippen LogP contribution in [0.4, 0.5) is 11.4 Å². The summed E-state index contributed by atoms with van der Waals surface area (Å²) in [5, 5.41) is 4.93. The first-order valence-corrected chi connectivity index (χ1v) is 25.8. The van der Waals surface area contributed by atoms with Crippen molar-refractivity contribution in [3.63, 3.8) is 0 Å². The van der Waals surface area contributed by atoms with Crippen molar-refractivity contribution in [3.05, 3.63) is 172 Å². The zero-order valence-corrected chi connectivity index (χ0v) is 42.5. The minimum atomic E-state index is -0.178. The van der Waals surface area contributed by atoms with E-state index in [9.17, 15) is 0 Å². The van der Waals surface area contributed by atoms with E-state index in [-0.39, 0.29) is 33.9 Å². The normalized spacial score (nSPS) is 17.9. The van der Waals surface area contributed by atoms with Gasteiger partial charge in [0, 0.05) is 61.1 Å². The minimum Gasteiger partial charge on any atom is -0.456 e. The second kappa shape index (κ2) is 12.8. The van der Waals surface area contributed by atoms with E-state index in [0.29, 0.717) is 0 Å². The molecule has 4 heteroatoms. The summed E-state index contributed by atoms with van der Waals surface area (Å²) in [6, 6.07) is 52.6. The van der Waals surface area contributed by atoms with Crippen LogP contribution < -0.4 is 15.7 Å². The summed E-state index contributed by atoms with van der Waals surface area (Å²) in [5.74, 6) is 0. The van der Waals surface area contributed by atoms with Crippen molar-refractivity contribution in [2.24, 2.45) is 0 Å². The van der Waals surface area contributed by atoms with Crippen molar-refractivity contribution < 1.29 is 4.42 Å². The van der Waals surface area contributed by atoms with Gasteiger partial charge in [-0.2, -0.15) is 0 Å². The quantitative estimate of drug-likeness (QED) is 0.153. The number of benzene rings is 8. The zero-order valence-electron chi connectivity index (χ0n) is 42.5. The Labute approximate surface area is 412 Å². The Morgan fingerprint density at radius 2 is 1.11 bits per heavy atom. The van der Waals surface area contributed by atoms with E-state index < -0.39 is 0 Å². The van der Waals surface area contributed by atoms with Crippen LogP contribution in [0.25, 0.3) is 82.8 Å². The molecule has 0 radical (unpaired) electrons. The molecule has 0 N–H and O–H groups in total. The first-order valence-electron chi connectivity index (χ1n) is 25.8. The third-order valence-electron chi connectivity index (χ3n) is 18.6. The zero-order chi connectivity index (χ0) is 47.9. The Kier molecular flexibility index (Phi) is 7.48.